The molecule has 1 aliphatic rings. The third-order valence-electron chi connectivity index (χ3n) is 5.15. The van der Waals surface area contributed by atoms with Crippen LogP contribution in [0.5, 0.6) is 0 Å². The van der Waals surface area contributed by atoms with Gasteiger partial charge in [-0.15, -0.1) is 0 Å². The van der Waals surface area contributed by atoms with Crippen molar-refractivity contribution < 1.29 is 13.9 Å². The number of aromatic nitrogens is 2. The number of aryl methyl sites for hydroxylation is 2. The van der Waals surface area contributed by atoms with E-state index in [2.05, 4.69) is 4.98 Å². The highest BCUT2D eigenvalue weighted by Crippen LogP contribution is 2.29. The smallest absolute Gasteiger partial charge is 0.290 e. The predicted molar refractivity (Wildman–Crippen MR) is 98.0 cm³/mol. The first kappa shape index (κ1) is 16.8. The standard InChI is InChI=1S/C20H23N3O3/c1-4-25-11-14-9-17-16(21-12-22(17)3)10-23(14)20(24)19-13(2)15-7-5-6-8-18(15)26-19/h5-8,12,14H,4,9-11H2,1-3H3. The second-order valence-electron chi connectivity index (χ2n) is 6.75. The van der Waals surface area contributed by atoms with Crippen molar-refractivity contribution in [3.63, 3.8) is 0 Å². The molecule has 0 spiro atoms. The van der Waals surface area contributed by atoms with E-state index in [9.17, 15) is 4.79 Å². The molecule has 0 saturated carbocycles. The summed E-state index contributed by atoms with van der Waals surface area (Å²) < 4.78 is 13.6. The lowest BCUT2D eigenvalue weighted by molar-refractivity contribution is 0.0364. The Morgan fingerprint density at radius 1 is 1.38 bits per heavy atom. The molecule has 0 aliphatic carbocycles. The lowest BCUT2D eigenvalue weighted by Gasteiger charge is -2.35. The van der Waals surface area contributed by atoms with E-state index < -0.39 is 0 Å². The van der Waals surface area contributed by atoms with Gasteiger partial charge < -0.3 is 18.6 Å². The molecule has 1 atom stereocenters. The van der Waals surface area contributed by atoms with E-state index in [0.29, 0.717) is 25.5 Å². The Bertz CT molecular complexity index is 957. The van der Waals surface area contributed by atoms with Crippen LogP contribution in [0.3, 0.4) is 0 Å². The lowest BCUT2D eigenvalue weighted by atomic mass is 10.0. The first-order chi connectivity index (χ1) is 12.6. The molecule has 1 amide bonds. The Labute approximate surface area is 152 Å². The van der Waals surface area contributed by atoms with Crippen LogP contribution in [0.2, 0.25) is 0 Å². The van der Waals surface area contributed by atoms with Gasteiger partial charge >= 0.3 is 0 Å². The van der Waals surface area contributed by atoms with E-state index in [-0.39, 0.29) is 11.9 Å². The fraction of sp³-hybridized carbons (Fsp3) is 0.400. The minimum atomic E-state index is -0.0975. The molecule has 1 aromatic carbocycles. The van der Waals surface area contributed by atoms with Gasteiger partial charge in [0.1, 0.15) is 5.58 Å². The van der Waals surface area contributed by atoms with Crippen LogP contribution in [0, 0.1) is 6.92 Å². The molecule has 6 heteroatoms. The van der Waals surface area contributed by atoms with E-state index in [1.807, 2.05) is 61.0 Å². The second-order valence-corrected chi connectivity index (χ2v) is 6.75. The van der Waals surface area contributed by atoms with Crippen LogP contribution >= 0.6 is 0 Å². The molecule has 0 saturated heterocycles. The Kier molecular flexibility index (Phi) is 4.28. The van der Waals surface area contributed by atoms with Crippen LogP contribution in [0.15, 0.2) is 35.0 Å². The van der Waals surface area contributed by atoms with Crippen LogP contribution in [0.25, 0.3) is 11.0 Å². The molecule has 1 unspecified atom stereocenters. The van der Waals surface area contributed by atoms with E-state index in [4.69, 9.17) is 9.15 Å². The maximum absolute atomic E-state index is 13.3. The zero-order valence-corrected chi connectivity index (χ0v) is 15.4. The summed E-state index contributed by atoms with van der Waals surface area (Å²) >= 11 is 0. The van der Waals surface area contributed by atoms with Gasteiger partial charge in [0.05, 0.1) is 31.2 Å². The summed E-state index contributed by atoms with van der Waals surface area (Å²) in [5, 5.41) is 0.979. The Morgan fingerprint density at radius 3 is 2.96 bits per heavy atom. The Hall–Kier alpha value is -2.60. The number of imidazole rings is 1. The Balaban J connectivity index is 1.70. The molecule has 136 valence electrons. The van der Waals surface area contributed by atoms with Crippen LogP contribution in [-0.4, -0.2) is 39.6 Å². The predicted octanol–water partition coefficient (Wildman–Crippen LogP) is 3.08. The highest BCUT2D eigenvalue weighted by molar-refractivity contribution is 5.99. The molecule has 2 aromatic heterocycles. The summed E-state index contributed by atoms with van der Waals surface area (Å²) in [6, 6.07) is 7.72. The number of para-hydroxylation sites is 1. The number of hydrogen-bond donors (Lipinski definition) is 0. The van der Waals surface area contributed by atoms with Crippen LogP contribution in [0.1, 0.15) is 34.4 Å². The summed E-state index contributed by atoms with van der Waals surface area (Å²) in [6.07, 6.45) is 2.54. The van der Waals surface area contributed by atoms with Gasteiger partial charge in [0, 0.05) is 36.7 Å². The van der Waals surface area contributed by atoms with E-state index in [1.54, 1.807) is 0 Å². The average Bonchev–Trinajstić information content (AvgIpc) is 3.19. The maximum atomic E-state index is 13.3. The third kappa shape index (κ3) is 2.70. The number of ether oxygens (including phenoxy) is 1. The van der Waals surface area contributed by atoms with Gasteiger partial charge in [-0.05, 0) is 19.9 Å². The number of carbonyl (C=O) groups is 1. The van der Waals surface area contributed by atoms with Crippen molar-refractivity contribution >= 4 is 16.9 Å². The minimum absolute atomic E-state index is 0.0297. The fourth-order valence-corrected chi connectivity index (χ4v) is 3.67. The summed E-state index contributed by atoms with van der Waals surface area (Å²) in [5.41, 5.74) is 3.74. The number of carbonyl (C=O) groups excluding carboxylic acids is 1. The van der Waals surface area contributed by atoms with Crippen molar-refractivity contribution in [2.75, 3.05) is 13.2 Å². The summed E-state index contributed by atoms with van der Waals surface area (Å²) in [4.78, 5) is 19.6. The van der Waals surface area contributed by atoms with Crippen molar-refractivity contribution in [3.05, 3.63) is 53.3 Å². The van der Waals surface area contributed by atoms with Gasteiger partial charge in [0.15, 0.2) is 5.76 Å². The summed E-state index contributed by atoms with van der Waals surface area (Å²) in [7, 11) is 1.99. The largest absolute Gasteiger partial charge is 0.451 e. The van der Waals surface area contributed by atoms with Crippen LogP contribution < -0.4 is 0 Å². The number of nitrogens with zero attached hydrogens (tertiary/aromatic N) is 3. The number of hydrogen-bond acceptors (Lipinski definition) is 4. The van der Waals surface area contributed by atoms with E-state index in [1.165, 1.54) is 5.69 Å². The van der Waals surface area contributed by atoms with E-state index >= 15 is 0 Å². The van der Waals surface area contributed by atoms with Gasteiger partial charge in [-0.3, -0.25) is 4.79 Å². The molecule has 1 aliphatic heterocycles. The van der Waals surface area contributed by atoms with Crippen molar-refractivity contribution in [2.45, 2.75) is 32.9 Å². The zero-order valence-electron chi connectivity index (χ0n) is 15.4. The molecular weight excluding hydrogens is 330 g/mol. The quantitative estimate of drug-likeness (QED) is 0.723. The number of furan rings is 1. The van der Waals surface area contributed by atoms with Gasteiger partial charge in [-0.25, -0.2) is 4.98 Å². The number of rotatable bonds is 4. The first-order valence-corrected chi connectivity index (χ1v) is 8.96. The lowest BCUT2D eigenvalue weighted by Crippen LogP contribution is -2.47. The maximum Gasteiger partial charge on any atom is 0.290 e. The fourth-order valence-electron chi connectivity index (χ4n) is 3.67. The second kappa shape index (κ2) is 6.61. The van der Waals surface area contributed by atoms with Gasteiger partial charge in [-0.1, -0.05) is 18.2 Å². The zero-order chi connectivity index (χ0) is 18.3. The molecule has 0 radical (unpaired) electrons. The third-order valence-corrected chi connectivity index (χ3v) is 5.15. The van der Waals surface area contributed by atoms with Gasteiger partial charge in [0.25, 0.3) is 5.91 Å². The topological polar surface area (TPSA) is 60.5 Å². The number of fused-ring (bicyclic) bond motifs is 2. The molecule has 3 aromatic rings. The summed E-state index contributed by atoms with van der Waals surface area (Å²) in [6.45, 7) is 5.51. The molecule has 0 N–H and O–H groups in total. The normalized spacial score (nSPS) is 16.9. The number of benzene rings is 1. The van der Waals surface area contributed by atoms with Crippen LogP contribution in [-0.2, 0) is 24.8 Å². The first-order valence-electron chi connectivity index (χ1n) is 8.96. The average molecular weight is 353 g/mol. The minimum Gasteiger partial charge on any atom is -0.451 e. The van der Waals surface area contributed by atoms with Gasteiger partial charge in [-0.2, -0.15) is 0 Å². The van der Waals surface area contributed by atoms with Crippen molar-refractivity contribution in [2.24, 2.45) is 7.05 Å². The monoisotopic (exact) mass is 353 g/mol. The molecule has 3 heterocycles. The van der Waals surface area contributed by atoms with Crippen molar-refractivity contribution in [1.29, 1.82) is 0 Å². The van der Waals surface area contributed by atoms with Crippen LogP contribution in [0.4, 0.5) is 0 Å². The van der Waals surface area contributed by atoms with Crippen molar-refractivity contribution in [3.8, 4) is 0 Å². The molecule has 6 nitrogen and oxygen atoms in total. The molecular formula is C20H23N3O3. The molecule has 4 rings (SSSR count). The van der Waals surface area contributed by atoms with Crippen molar-refractivity contribution in [1.82, 2.24) is 14.5 Å². The molecule has 26 heavy (non-hydrogen) atoms. The van der Waals surface area contributed by atoms with E-state index in [0.717, 1.165) is 28.6 Å². The number of amides is 1. The Morgan fingerprint density at radius 2 is 2.19 bits per heavy atom. The highest BCUT2D eigenvalue weighted by atomic mass is 16.5. The molecule has 0 fully saturated rings. The highest BCUT2D eigenvalue weighted by Gasteiger charge is 2.35. The van der Waals surface area contributed by atoms with Gasteiger partial charge in [0.2, 0.25) is 0 Å². The molecule has 0 bridgehead atoms. The summed E-state index contributed by atoms with van der Waals surface area (Å²) in [5.74, 6) is 0.312. The SMILES string of the molecule is CCOCC1Cc2c(ncn2C)CN1C(=O)c1oc2ccccc2c1C.